The van der Waals surface area contributed by atoms with E-state index in [1.54, 1.807) is 55.6 Å². The second kappa shape index (κ2) is 12.9. The lowest BCUT2D eigenvalue weighted by atomic mass is 9.96. The molecule has 0 heterocycles. The summed E-state index contributed by atoms with van der Waals surface area (Å²) in [6.07, 6.45) is 7.35. The Morgan fingerprint density at radius 2 is 1.60 bits per heavy atom. The molecule has 35 heavy (non-hydrogen) atoms. The van der Waals surface area contributed by atoms with Crippen molar-refractivity contribution in [3.05, 3.63) is 59.7 Å². The fourth-order valence-corrected chi connectivity index (χ4v) is 4.36. The summed E-state index contributed by atoms with van der Waals surface area (Å²) in [6.45, 7) is 3.97. The third kappa shape index (κ3) is 7.31. The van der Waals surface area contributed by atoms with Crippen molar-refractivity contribution in [1.82, 2.24) is 10.6 Å². The molecule has 0 aliphatic heterocycles. The molecular formula is C28H37N3O4. The summed E-state index contributed by atoms with van der Waals surface area (Å²) in [6, 6.07) is 13.1. The number of para-hydroxylation sites is 1. The van der Waals surface area contributed by atoms with Crippen molar-refractivity contribution in [3.63, 3.8) is 0 Å². The number of hydrogen-bond donors (Lipinski definition) is 3. The average molecular weight is 480 g/mol. The third-order valence-corrected chi connectivity index (χ3v) is 6.76. The fraction of sp³-hybridized carbons (Fsp3) is 0.464. The third-order valence-electron chi connectivity index (χ3n) is 6.76. The molecule has 2 aromatic carbocycles. The number of benzene rings is 2. The van der Waals surface area contributed by atoms with Crippen LogP contribution in [0, 0.1) is 5.92 Å². The Bertz CT molecular complexity index is 998. The first-order chi connectivity index (χ1) is 16.9. The van der Waals surface area contributed by atoms with Crippen molar-refractivity contribution in [2.45, 2.75) is 70.9 Å². The van der Waals surface area contributed by atoms with Gasteiger partial charge in [-0.1, -0.05) is 58.1 Å². The molecule has 0 spiro atoms. The molecule has 3 rings (SSSR count). The van der Waals surface area contributed by atoms with Crippen LogP contribution < -0.4 is 20.7 Å². The zero-order chi connectivity index (χ0) is 25.2. The van der Waals surface area contributed by atoms with Crippen LogP contribution in [0.5, 0.6) is 5.75 Å². The maximum atomic E-state index is 13.3. The van der Waals surface area contributed by atoms with Crippen LogP contribution in [-0.4, -0.2) is 36.9 Å². The Morgan fingerprint density at radius 3 is 2.23 bits per heavy atom. The van der Waals surface area contributed by atoms with Gasteiger partial charge in [-0.2, -0.15) is 0 Å². The topological polar surface area (TPSA) is 96.5 Å². The van der Waals surface area contributed by atoms with Gasteiger partial charge in [0.2, 0.25) is 5.91 Å². The van der Waals surface area contributed by atoms with Crippen molar-refractivity contribution >= 4 is 23.4 Å². The summed E-state index contributed by atoms with van der Waals surface area (Å²) < 4.78 is 5.14. The van der Waals surface area contributed by atoms with Crippen LogP contribution in [-0.2, 0) is 4.79 Å². The van der Waals surface area contributed by atoms with Crippen molar-refractivity contribution < 1.29 is 19.1 Å². The molecule has 0 unspecified atom stereocenters. The van der Waals surface area contributed by atoms with Gasteiger partial charge in [-0.15, -0.1) is 0 Å². The molecular weight excluding hydrogens is 442 g/mol. The molecule has 188 valence electrons. The van der Waals surface area contributed by atoms with Gasteiger partial charge in [0.05, 0.1) is 18.4 Å². The van der Waals surface area contributed by atoms with E-state index < -0.39 is 11.9 Å². The van der Waals surface area contributed by atoms with Crippen molar-refractivity contribution in [1.29, 1.82) is 0 Å². The number of amides is 3. The molecule has 3 amide bonds. The monoisotopic (exact) mass is 479 g/mol. The van der Waals surface area contributed by atoms with E-state index in [4.69, 9.17) is 4.74 Å². The van der Waals surface area contributed by atoms with Gasteiger partial charge in [0.1, 0.15) is 11.8 Å². The Hall–Kier alpha value is -3.35. The van der Waals surface area contributed by atoms with E-state index in [9.17, 15) is 14.4 Å². The fourth-order valence-electron chi connectivity index (χ4n) is 4.36. The number of methoxy groups -OCH3 is 1. The highest BCUT2D eigenvalue weighted by atomic mass is 16.5. The summed E-state index contributed by atoms with van der Waals surface area (Å²) in [5.74, 6) is -0.251. The van der Waals surface area contributed by atoms with Gasteiger partial charge in [-0.25, -0.2) is 0 Å². The van der Waals surface area contributed by atoms with Gasteiger partial charge < -0.3 is 20.7 Å². The molecule has 1 fully saturated rings. The number of carbonyl (C=O) groups is 3. The SMILES string of the molecule is CC[C@H](C)[C@H](NC(=O)c1ccccc1NC(=O)c1ccc(OC)cc1)C(=O)NC1CCCCCC1. The molecule has 3 N–H and O–H groups in total. The van der Waals surface area contributed by atoms with E-state index in [1.165, 1.54) is 12.8 Å². The van der Waals surface area contributed by atoms with E-state index in [-0.39, 0.29) is 23.8 Å². The van der Waals surface area contributed by atoms with Crippen LogP contribution in [0.3, 0.4) is 0 Å². The van der Waals surface area contributed by atoms with Crippen LogP contribution in [0.4, 0.5) is 5.69 Å². The van der Waals surface area contributed by atoms with Crippen LogP contribution in [0.25, 0.3) is 0 Å². The summed E-state index contributed by atoms with van der Waals surface area (Å²) in [7, 11) is 1.56. The minimum atomic E-state index is -0.652. The Morgan fingerprint density at radius 1 is 0.943 bits per heavy atom. The highest BCUT2D eigenvalue weighted by molar-refractivity contribution is 6.09. The average Bonchev–Trinajstić information content (AvgIpc) is 3.15. The van der Waals surface area contributed by atoms with Gasteiger partial charge in [0.25, 0.3) is 11.8 Å². The second-order valence-electron chi connectivity index (χ2n) is 9.26. The lowest BCUT2D eigenvalue weighted by Crippen LogP contribution is -2.52. The molecule has 0 bridgehead atoms. The predicted molar refractivity (Wildman–Crippen MR) is 138 cm³/mol. The molecule has 1 aliphatic carbocycles. The lowest BCUT2D eigenvalue weighted by molar-refractivity contribution is -0.124. The van der Waals surface area contributed by atoms with E-state index >= 15 is 0 Å². The Labute approximate surface area is 208 Å². The highest BCUT2D eigenvalue weighted by Gasteiger charge is 2.29. The predicted octanol–water partition coefficient (Wildman–Crippen LogP) is 4.93. The molecule has 7 nitrogen and oxygen atoms in total. The van der Waals surface area contributed by atoms with Gasteiger partial charge in [0, 0.05) is 11.6 Å². The maximum absolute atomic E-state index is 13.3. The van der Waals surface area contributed by atoms with Crippen LogP contribution in [0.2, 0.25) is 0 Å². The minimum Gasteiger partial charge on any atom is -0.497 e. The number of nitrogens with one attached hydrogen (secondary N) is 3. The summed E-state index contributed by atoms with van der Waals surface area (Å²) in [4.78, 5) is 39.3. The molecule has 1 aliphatic rings. The molecule has 0 radical (unpaired) electrons. The molecule has 1 saturated carbocycles. The van der Waals surface area contributed by atoms with E-state index in [2.05, 4.69) is 16.0 Å². The second-order valence-corrected chi connectivity index (χ2v) is 9.26. The molecule has 2 atom stereocenters. The molecule has 0 aromatic heterocycles. The number of carbonyl (C=O) groups excluding carboxylic acids is 3. The Kier molecular flexibility index (Phi) is 9.70. The first-order valence-corrected chi connectivity index (χ1v) is 12.6. The molecule has 2 aromatic rings. The summed E-state index contributed by atoms with van der Waals surface area (Å²) >= 11 is 0. The number of hydrogen-bond acceptors (Lipinski definition) is 4. The van der Waals surface area contributed by atoms with E-state index in [0.29, 0.717) is 22.6 Å². The number of anilines is 1. The van der Waals surface area contributed by atoms with Crippen LogP contribution in [0.15, 0.2) is 48.5 Å². The molecule has 0 saturated heterocycles. The standard InChI is InChI=1S/C28H37N3O4/c1-4-19(2)25(28(34)29-21-11-7-5-6-8-12-21)31-27(33)23-13-9-10-14-24(23)30-26(32)20-15-17-22(35-3)18-16-20/h9-10,13-19,21,25H,4-8,11-12H2,1-3H3,(H,29,34)(H,30,32)(H,31,33)/t19-,25-/m0/s1. The van der Waals surface area contributed by atoms with Gasteiger partial charge in [0.15, 0.2) is 0 Å². The smallest absolute Gasteiger partial charge is 0.255 e. The Balaban J connectivity index is 1.72. The van der Waals surface area contributed by atoms with Crippen LogP contribution in [0.1, 0.15) is 79.5 Å². The van der Waals surface area contributed by atoms with Gasteiger partial charge >= 0.3 is 0 Å². The van der Waals surface area contributed by atoms with E-state index in [1.807, 2.05) is 13.8 Å². The molecule has 7 heteroatoms. The summed E-state index contributed by atoms with van der Waals surface area (Å²) in [5.41, 5.74) is 1.14. The van der Waals surface area contributed by atoms with Gasteiger partial charge in [-0.3, -0.25) is 14.4 Å². The largest absolute Gasteiger partial charge is 0.497 e. The van der Waals surface area contributed by atoms with Crippen molar-refractivity contribution in [3.8, 4) is 5.75 Å². The zero-order valence-corrected chi connectivity index (χ0v) is 20.9. The summed E-state index contributed by atoms with van der Waals surface area (Å²) in [5, 5.41) is 8.94. The quantitative estimate of drug-likeness (QED) is 0.444. The van der Waals surface area contributed by atoms with Crippen LogP contribution >= 0.6 is 0 Å². The zero-order valence-electron chi connectivity index (χ0n) is 20.9. The number of ether oxygens (including phenoxy) is 1. The highest BCUT2D eigenvalue weighted by Crippen LogP contribution is 2.20. The van der Waals surface area contributed by atoms with Crippen molar-refractivity contribution in [2.75, 3.05) is 12.4 Å². The van der Waals surface area contributed by atoms with E-state index in [0.717, 1.165) is 32.1 Å². The first kappa shape index (κ1) is 26.3. The van der Waals surface area contributed by atoms with Crippen molar-refractivity contribution in [2.24, 2.45) is 5.92 Å². The van der Waals surface area contributed by atoms with Gasteiger partial charge in [-0.05, 0) is 55.2 Å². The first-order valence-electron chi connectivity index (χ1n) is 12.6. The maximum Gasteiger partial charge on any atom is 0.255 e. The minimum absolute atomic E-state index is 0.0363. The lowest BCUT2D eigenvalue weighted by Gasteiger charge is -2.26. The normalized spacial score (nSPS) is 15.9. The number of rotatable bonds is 9.